The Morgan fingerprint density at radius 1 is 1.29 bits per heavy atom. The lowest BCUT2D eigenvalue weighted by molar-refractivity contribution is 0.237. The van der Waals surface area contributed by atoms with Crippen molar-refractivity contribution in [2.45, 2.75) is 8.13 Å². The molecule has 2 aromatic heterocycles. The van der Waals surface area contributed by atoms with Gasteiger partial charge >= 0.3 is 6.03 Å². The SMILES string of the molecule is N#Cc1nc(C(Cl)(Cl)C(Cl)(Cl)Cl)n(C(=O)n2cncn2)n1. The second-order valence-corrected chi connectivity index (χ2v) is 7.09. The molecule has 0 spiro atoms. The van der Waals surface area contributed by atoms with E-state index in [4.69, 9.17) is 63.3 Å². The third-order valence-electron chi connectivity index (χ3n) is 2.14. The lowest BCUT2D eigenvalue weighted by Gasteiger charge is -2.25. The summed E-state index contributed by atoms with van der Waals surface area (Å²) in [5, 5.41) is 16.1. The number of carbonyl (C=O) groups excluding carboxylic acids is 1. The average Bonchev–Trinajstić information content (AvgIpc) is 3.06. The maximum Gasteiger partial charge on any atom is 0.372 e. The van der Waals surface area contributed by atoms with Crippen molar-refractivity contribution in [3.8, 4) is 6.07 Å². The van der Waals surface area contributed by atoms with Crippen molar-refractivity contribution < 1.29 is 4.79 Å². The van der Waals surface area contributed by atoms with Crippen LogP contribution in [0, 0.1) is 11.3 Å². The largest absolute Gasteiger partial charge is 0.372 e. The van der Waals surface area contributed by atoms with Crippen LogP contribution in [0.4, 0.5) is 4.79 Å². The van der Waals surface area contributed by atoms with Gasteiger partial charge < -0.3 is 0 Å². The first-order valence-corrected chi connectivity index (χ1v) is 6.79. The smallest absolute Gasteiger partial charge is 0.243 e. The van der Waals surface area contributed by atoms with Gasteiger partial charge in [0.15, 0.2) is 5.82 Å². The molecule has 0 amide bonds. The second kappa shape index (κ2) is 5.59. The van der Waals surface area contributed by atoms with Crippen molar-refractivity contribution in [1.29, 1.82) is 5.26 Å². The van der Waals surface area contributed by atoms with Crippen LogP contribution >= 0.6 is 58.0 Å². The van der Waals surface area contributed by atoms with E-state index < -0.39 is 25.8 Å². The molecule has 2 heterocycles. The molecule has 2 rings (SSSR count). The quantitative estimate of drug-likeness (QED) is 0.693. The van der Waals surface area contributed by atoms with E-state index >= 15 is 0 Å². The number of alkyl halides is 5. The minimum Gasteiger partial charge on any atom is -0.243 e. The van der Waals surface area contributed by atoms with Crippen LogP contribution in [0.25, 0.3) is 0 Å². The number of nitrogens with zero attached hydrogens (tertiary/aromatic N) is 7. The number of rotatable bonds is 1. The number of aromatic nitrogens is 6. The van der Waals surface area contributed by atoms with E-state index in [-0.39, 0.29) is 0 Å². The van der Waals surface area contributed by atoms with E-state index in [1.807, 2.05) is 0 Å². The predicted molar refractivity (Wildman–Crippen MR) is 74.6 cm³/mol. The zero-order valence-electron chi connectivity index (χ0n) is 9.58. The molecule has 0 saturated heterocycles. The molecule has 8 nitrogen and oxygen atoms in total. The van der Waals surface area contributed by atoms with Crippen LogP contribution in [0.1, 0.15) is 11.6 Å². The predicted octanol–water partition coefficient (Wildman–Crippen LogP) is 2.26. The molecule has 0 N–H and O–H groups in total. The summed E-state index contributed by atoms with van der Waals surface area (Å²) in [4.78, 5) is 19.5. The van der Waals surface area contributed by atoms with Gasteiger partial charge in [0.05, 0.1) is 0 Å². The Morgan fingerprint density at radius 2 is 1.95 bits per heavy atom. The summed E-state index contributed by atoms with van der Waals surface area (Å²) >= 11 is 28.9. The van der Waals surface area contributed by atoms with E-state index in [1.165, 1.54) is 0 Å². The van der Waals surface area contributed by atoms with Gasteiger partial charge in [-0.25, -0.2) is 9.78 Å². The standard InChI is InChI=1S/C8H2Cl5N7O/c9-7(10,8(11,12)13)5-17-4(1-14)18-20(5)6(21)19-3-15-2-16-19/h2-3H. The number of hydrogen-bond acceptors (Lipinski definition) is 6. The zero-order chi connectivity index (χ0) is 15.8. The Hall–Kier alpha value is -1.11. The monoisotopic (exact) mass is 387 g/mol. The summed E-state index contributed by atoms with van der Waals surface area (Å²) in [6, 6.07) is 0.760. The molecule has 0 aliphatic heterocycles. The topological polar surface area (TPSA) is 102 Å². The first-order chi connectivity index (χ1) is 9.68. The van der Waals surface area contributed by atoms with Gasteiger partial charge in [-0.15, -0.1) is 5.10 Å². The Kier molecular flexibility index (Phi) is 4.33. The van der Waals surface area contributed by atoms with Gasteiger partial charge in [0.2, 0.25) is 8.13 Å². The number of carbonyl (C=O) groups is 1. The number of halogens is 5. The normalized spacial score (nSPS) is 12.2. The van der Waals surface area contributed by atoms with Crippen LogP contribution in [0.2, 0.25) is 0 Å². The molecular weight excluding hydrogens is 387 g/mol. The van der Waals surface area contributed by atoms with Gasteiger partial charge in [0.25, 0.3) is 5.82 Å². The first-order valence-electron chi connectivity index (χ1n) is 4.90. The molecule has 21 heavy (non-hydrogen) atoms. The van der Waals surface area contributed by atoms with E-state index in [9.17, 15) is 4.79 Å². The van der Waals surface area contributed by atoms with Crippen molar-refractivity contribution in [2.24, 2.45) is 0 Å². The molecule has 13 heteroatoms. The number of nitriles is 1. The highest BCUT2D eigenvalue weighted by atomic mass is 35.6. The Morgan fingerprint density at radius 3 is 2.43 bits per heavy atom. The Bertz CT molecular complexity index is 710. The van der Waals surface area contributed by atoms with E-state index in [0.29, 0.717) is 4.68 Å². The highest BCUT2D eigenvalue weighted by molar-refractivity contribution is 6.75. The fourth-order valence-electron chi connectivity index (χ4n) is 1.23. The lowest BCUT2D eigenvalue weighted by atomic mass is 10.4. The van der Waals surface area contributed by atoms with Gasteiger partial charge in [0.1, 0.15) is 18.7 Å². The molecule has 2 aromatic rings. The second-order valence-electron chi connectivity index (χ2n) is 3.48. The van der Waals surface area contributed by atoms with Gasteiger partial charge in [-0.2, -0.15) is 24.7 Å². The minimum absolute atomic E-state index is 0.390. The Labute approximate surface area is 142 Å². The Balaban J connectivity index is 2.60. The van der Waals surface area contributed by atoms with Crippen molar-refractivity contribution in [2.75, 3.05) is 0 Å². The van der Waals surface area contributed by atoms with E-state index in [2.05, 4.69) is 20.2 Å². The third-order valence-corrected chi connectivity index (χ3v) is 4.48. The van der Waals surface area contributed by atoms with Crippen LogP contribution in [0.15, 0.2) is 12.7 Å². The van der Waals surface area contributed by atoms with Gasteiger partial charge in [-0.05, 0) is 0 Å². The van der Waals surface area contributed by atoms with Crippen molar-refractivity contribution in [1.82, 2.24) is 29.5 Å². The van der Waals surface area contributed by atoms with Crippen LogP contribution in [-0.2, 0) is 4.33 Å². The minimum atomic E-state index is -2.24. The van der Waals surface area contributed by atoms with E-state index in [0.717, 1.165) is 17.3 Å². The van der Waals surface area contributed by atoms with Crippen LogP contribution in [-0.4, -0.2) is 39.4 Å². The molecule has 0 atom stereocenters. The van der Waals surface area contributed by atoms with Gasteiger partial charge in [0, 0.05) is 0 Å². The molecule has 0 aliphatic rings. The lowest BCUT2D eigenvalue weighted by Crippen LogP contribution is -2.35. The molecule has 110 valence electrons. The maximum absolute atomic E-state index is 12.2. The average molecular weight is 389 g/mol. The van der Waals surface area contributed by atoms with E-state index in [1.54, 1.807) is 6.07 Å². The van der Waals surface area contributed by atoms with Crippen LogP contribution in [0.3, 0.4) is 0 Å². The molecule has 0 bridgehead atoms. The molecule has 0 aliphatic carbocycles. The summed E-state index contributed by atoms with van der Waals surface area (Å²) < 4.78 is -3.07. The fourth-order valence-corrected chi connectivity index (χ4v) is 1.73. The zero-order valence-corrected chi connectivity index (χ0v) is 13.4. The summed E-state index contributed by atoms with van der Waals surface area (Å²) in [5.74, 6) is -0.832. The van der Waals surface area contributed by atoms with Crippen LogP contribution in [0.5, 0.6) is 0 Å². The summed E-state index contributed by atoms with van der Waals surface area (Å²) in [7, 11) is 0. The highest BCUT2D eigenvalue weighted by Crippen LogP contribution is 2.52. The number of hydrogen-bond donors (Lipinski definition) is 0. The first kappa shape index (κ1) is 16.3. The third kappa shape index (κ3) is 2.93. The molecular formula is C8H2Cl5N7O. The summed E-state index contributed by atoms with van der Waals surface area (Å²) in [5.41, 5.74) is 0. The molecule has 0 fully saturated rings. The van der Waals surface area contributed by atoms with Crippen LogP contribution < -0.4 is 0 Å². The maximum atomic E-state index is 12.2. The molecule has 0 radical (unpaired) electrons. The summed E-state index contributed by atoms with van der Waals surface area (Å²) in [6.45, 7) is 0. The van der Waals surface area contributed by atoms with Crippen molar-refractivity contribution >= 4 is 64.0 Å². The van der Waals surface area contributed by atoms with Gasteiger partial charge in [-0.1, -0.05) is 58.0 Å². The van der Waals surface area contributed by atoms with Crippen molar-refractivity contribution in [3.05, 3.63) is 24.3 Å². The molecule has 0 aromatic carbocycles. The van der Waals surface area contributed by atoms with Gasteiger partial charge in [-0.3, -0.25) is 0 Å². The van der Waals surface area contributed by atoms with Crippen molar-refractivity contribution in [3.63, 3.8) is 0 Å². The molecule has 0 unspecified atom stereocenters. The fraction of sp³-hybridized carbons (Fsp3) is 0.250. The summed E-state index contributed by atoms with van der Waals surface area (Å²) in [6.07, 6.45) is 2.21. The highest BCUT2D eigenvalue weighted by Gasteiger charge is 2.52. The molecule has 0 saturated carbocycles.